The smallest absolute Gasteiger partial charge is 1.00 e. The third kappa shape index (κ3) is 3.54. The van der Waals surface area contributed by atoms with Gasteiger partial charge in [-0.05, 0) is 11.6 Å². The summed E-state index contributed by atoms with van der Waals surface area (Å²) in [4.78, 5) is 0. The summed E-state index contributed by atoms with van der Waals surface area (Å²) in [6.45, 7) is 0. The van der Waals surface area contributed by atoms with Gasteiger partial charge in [-0.1, -0.05) is 30.3 Å². The van der Waals surface area contributed by atoms with Crippen molar-refractivity contribution in [2.75, 3.05) is 0 Å². The average Bonchev–Trinajstić information content (AvgIpc) is 1.91. The first-order chi connectivity index (χ1) is 4.43. The van der Waals surface area contributed by atoms with Crippen LogP contribution in [0, 0.1) is 0 Å². The Bertz CT molecular complexity index is 199. The predicted octanol–water partition coefficient (Wildman–Crippen LogP) is -0.668. The molecule has 0 aliphatic rings. The number of aliphatic hydroxyl groups is 1. The summed E-state index contributed by atoms with van der Waals surface area (Å²) in [7, 11) is 0. The van der Waals surface area contributed by atoms with Crippen LogP contribution in [0.25, 0.3) is 6.08 Å². The molecule has 1 aromatic carbocycles. The van der Waals surface area contributed by atoms with Gasteiger partial charge in [-0.3, -0.25) is 0 Å². The minimum Gasteiger partial charge on any atom is -1.00 e. The largest absolute Gasteiger partial charge is 1.00 e. The van der Waals surface area contributed by atoms with Crippen molar-refractivity contribution in [2.45, 2.75) is 0 Å². The quantitative estimate of drug-likeness (QED) is 0.427. The van der Waals surface area contributed by atoms with E-state index in [4.69, 9.17) is 5.11 Å². The van der Waals surface area contributed by atoms with Gasteiger partial charge in [0.1, 0.15) is 0 Å². The van der Waals surface area contributed by atoms with Gasteiger partial charge in [-0.2, -0.15) is 0 Å². The van der Waals surface area contributed by atoms with Crippen LogP contribution in [0.1, 0.15) is 6.99 Å². The standard InChI is InChI=1S/C8H8O.K.H/c9-7-6-8-4-2-1-3-5-8;;/h1-7,9H;;/q;+1;-1. The molecule has 0 atom stereocenters. The van der Waals surface area contributed by atoms with E-state index in [1.807, 2.05) is 30.3 Å². The van der Waals surface area contributed by atoms with Gasteiger partial charge in [0.25, 0.3) is 0 Å². The third-order valence-corrected chi connectivity index (χ3v) is 1.07. The van der Waals surface area contributed by atoms with Gasteiger partial charge >= 0.3 is 51.4 Å². The molecule has 0 amide bonds. The van der Waals surface area contributed by atoms with Crippen LogP contribution in [0.5, 0.6) is 0 Å². The Labute approximate surface area is 105 Å². The average molecular weight is 160 g/mol. The van der Waals surface area contributed by atoms with Crippen LogP contribution in [-0.2, 0) is 0 Å². The molecular formula is C8H9KO. The maximum Gasteiger partial charge on any atom is 1.00 e. The molecule has 0 fully saturated rings. The monoisotopic (exact) mass is 160 g/mol. The van der Waals surface area contributed by atoms with Crippen molar-refractivity contribution in [3.05, 3.63) is 42.2 Å². The van der Waals surface area contributed by atoms with Gasteiger partial charge < -0.3 is 6.53 Å². The maximum atomic E-state index is 8.34. The molecule has 1 nitrogen and oxygen atoms in total. The molecule has 2 heteroatoms. The molecule has 0 aliphatic heterocycles. The number of hydrogen-bond acceptors (Lipinski definition) is 1. The second-order valence-corrected chi connectivity index (χ2v) is 1.73. The van der Waals surface area contributed by atoms with E-state index in [2.05, 4.69) is 0 Å². The Morgan fingerprint density at radius 2 is 1.80 bits per heavy atom. The Morgan fingerprint density at radius 3 is 2.30 bits per heavy atom. The number of benzene rings is 1. The number of aliphatic hydroxyl groups excluding tert-OH is 1. The molecule has 0 radical (unpaired) electrons. The fourth-order valence-electron chi connectivity index (χ4n) is 0.650. The molecule has 0 spiro atoms. The molecule has 0 aliphatic carbocycles. The Hall–Kier alpha value is 0.396. The molecule has 0 unspecified atom stereocenters. The van der Waals surface area contributed by atoms with Gasteiger partial charge in [-0.25, -0.2) is 0 Å². The van der Waals surface area contributed by atoms with Crippen molar-refractivity contribution in [3.8, 4) is 0 Å². The zero-order valence-electron chi connectivity index (χ0n) is 6.99. The fourth-order valence-corrected chi connectivity index (χ4v) is 0.650. The summed E-state index contributed by atoms with van der Waals surface area (Å²) in [5.74, 6) is 0. The summed E-state index contributed by atoms with van der Waals surface area (Å²) in [5.41, 5.74) is 1.01. The van der Waals surface area contributed by atoms with Crippen LogP contribution in [0.2, 0.25) is 0 Å². The molecule has 10 heavy (non-hydrogen) atoms. The summed E-state index contributed by atoms with van der Waals surface area (Å²) < 4.78 is 0. The van der Waals surface area contributed by atoms with Gasteiger partial charge in [-0.15, -0.1) is 0 Å². The SMILES string of the molecule is OC=Cc1ccccc1.[H-].[K+]. The minimum absolute atomic E-state index is 0. The topological polar surface area (TPSA) is 20.2 Å². The molecular weight excluding hydrogens is 151 g/mol. The zero-order valence-corrected chi connectivity index (χ0v) is 9.11. The normalized spacial score (nSPS) is 9.20. The maximum absolute atomic E-state index is 8.34. The third-order valence-electron chi connectivity index (χ3n) is 1.07. The van der Waals surface area contributed by atoms with E-state index in [0.717, 1.165) is 11.8 Å². The van der Waals surface area contributed by atoms with Crippen LogP contribution < -0.4 is 51.4 Å². The van der Waals surface area contributed by atoms with E-state index in [-0.39, 0.29) is 52.8 Å². The fraction of sp³-hybridized carbons (Fsp3) is 0. The molecule has 48 valence electrons. The van der Waals surface area contributed by atoms with Crippen LogP contribution in [0.15, 0.2) is 36.6 Å². The van der Waals surface area contributed by atoms with Crippen LogP contribution >= 0.6 is 0 Å². The van der Waals surface area contributed by atoms with E-state index >= 15 is 0 Å². The van der Waals surface area contributed by atoms with Crippen molar-refractivity contribution in [2.24, 2.45) is 0 Å². The van der Waals surface area contributed by atoms with Gasteiger partial charge in [0, 0.05) is 0 Å². The van der Waals surface area contributed by atoms with Gasteiger partial charge in [0.05, 0.1) is 6.26 Å². The molecule has 0 saturated heterocycles. The molecule has 0 heterocycles. The van der Waals surface area contributed by atoms with Crippen molar-refractivity contribution in [1.82, 2.24) is 0 Å². The van der Waals surface area contributed by atoms with Crippen LogP contribution in [0.4, 0.5) is 0 Å². The summed E-state index contributed by atoms with van der Waals surface area (Å²) in [6.07, 6.45) is 2.68. The zero-order chi connectivity index (χ0) is 6.53. The summed E-state index contributed by atoms with van der Waals surface area (Å²) >= 11 is 0. The van der Waals surface area contributed by atoms with Crippen molar-refractivity contribution < 1.29 is 57.9 Å². The molecule has 1 aromatic rings. The second-order valence-electron chi connectivity index (χ2n) is 1.73. The van der Waals surface area contributed by atoms with E-state index in [1.165, 1.54) is 0 Å². The molecule has 0 aromatic heterocycles. The van der Waals surface area contributed by atoms with Crippen LogP contribution in [-0.4, -0.2) is 5.11 Å². The molecule has 1 N–H and O–H groups in total. The van der Waals surface area contributed by atoms with E-state index in [0.29, 0.717) is 0 Å². The Balaban J connectivity index is 0. The first-order valence-electron chi connectivity index (χ1n) is 2.79. The number of rotatable bonds is 1. The molecule has 0 bridgehead atoms. The minimum atomic E-state index is 0. The first kappa shape index (κ1) is 10.4. The second kappa shape index (κ2) is 6.13. The van der Waals surface area contributed by atoms with Crippen LogP contribution in [0.3, 0.4) is 0 Å². The van der Waals surface area contributed by atoms with E-state index < -0.39 is 0 Å². The van der Waals surface area contributed by atoms with E-state index in [1.54, 1.807) is 6.08 Å². The summed E-state index contributed by atoms with van der Waals surface area (Å²) in [6, 6.07) is 9.64. The van der Waals surface area contributed by atoms with Gasteiger partial charge in [0.15, 0.2) is 0 Å². The number of hydrogen-bond donors (Lipinski definition) is 1. The molecule has 0 saturated carbocycles. The molecule has 1 rings (SSSR count). The van der Waals surface area contributed by atoms with Crippen molar-refractivity contribution in [1.29, 1.82) is 0 Å². The van der Waals surface area contributed by atoms with E-state index in [9.17, 15) is 0 Å². The van der Waals surface area contributed by atoms with Crippen molar-refractivity contribution in [3.63, 3.8) is 0 Å². The Kier molecular flexibility index (Phi) is 6.37. The summed E-state index contributed by atoms with van der Waals surface area (Å²) in [5, 5.41) is 8.34. The first-order valence-corrected chi connectivity index (χ1v) is 2.79. The van der Waals surface area contributed by atoms with Crippen molar-refractivity contribution >= 4 is 6.08 Å². The Morgan fingerprint density at radius 1 is 1.20 bits per heavy atom. The predicted molar refractivity (Wildman–Crippen MR) is 39.2 cm³/mol. The van der Waals surface area contributed by atoms with Gasteiger partial charge in [0.2, 0.25) is 0 Å².